The number of nitrogens with one attached hydrogen (secondary N) is 1. The van der Waals surface area contributed by atoms with Crippen LogP contribution < -0.4 is 5.32 Å². The summed E-state index contributed by atoms with van der Waals surface area (Å²) in [4.78, 5) is 15.5. The molecule has 2 atom stereocenters. The zero-order valence-corrected chi connectivity index (χ0v) is 12.8. The highest BCUT2D eigenvalue weighted by Gasteiger charge is 2.27. The van der Waals surface area contributed by atoms with Crippen LogP contribution in [0.5, 0.6) is 0 Å². The first-order chi connectivity index (χ1) is 9.08. The molecule has 1 unspecified atom stereocenters. The van der Waals surface area contributed by atoms with Gasteiger partial charge in [0.2, 0.25) is 5.91 Å². The fourth-order valence-electron chi connectivity index (χ4n) is 2.17. The third-order valence-corrected chi connectivity index (χ3v) is 4.61. The molecule has 1 fully saturated rings. The van der Waals surface area contributed by atoms with Gasteiger partial charge in [-0.05, 0) is 38.1 Å². The van der Waals surface area contributed by atoms with Crippen LogP contribution in [0, 0.1) is 0 Å². The van der Waals surface area contributed by atoms with Gasteiger partial charge in [0.1, 0.15) is 0 Å². The molecule has 1 aliphatic heterocycles. The maximum atomic E-state index is 12.4. The molecular formula is C14H19ClN2OS. The zero-order chi connectivity index (χ0) is 13.8. The van der Waals surface area contributed by atoms with Crippen molar-refractivity contribution in [3.8, 4) is 0 Å². The van der Waals surface area contributed by atoms with E-state index in [1.807, 2.05) is 36.1 Å². The van der Waals surface area contributed by atoms with Crippen molar-refractivity contribution in [3.63, 3.8) is 0 Å². The van der Waals surface area contributed by atoms with Crippen LogP contribution in [0.25, 0.3) is 0 Å². The molecular weight excluding hydrogens is 280 g/mol. The summed E-state index contributed by atoms with van der Waals surface area (Å²) >= 11 is 7.45. The lowest BCUT2D eigenvalue weighted by Gasteiger charge is -2.35. The SMILES string of the molecule is CC(Sc1ccc(Cl)cc1)C(=O)N1CCNC[C@H]1C. The Morgan fingerprint density at radius 1 is 1.47 bits per heavy atom. The van der Waals surface area contributed by atoms with Gasteiger partial charge >= 0.3 is 0 Å². The minimum atomic E-state index is -0.0678. The summed E-state index contributed by atoms with van der Waals surface area (Å²) in [5, 5.41) is 3.95. The van der Waals surface area contributed by atoms with E-state index < -0.39 is 0 Å². The average molecular weight is 299 g/mol. The van der Waals surface area contributed by atoms with E-state index in [1.165, 1.54) is 0 Å². The molecule has 0 aromatic heterocycles. The molecule has 104 valence electrons. The second-order valence-electron chi connectivity index (χ2n) is 4.80. The van der Waals surface area contributed by atoms with Gasteiger partial charge in [0.15, 0.2) is 0 Å². The Bertz CT molecular complexity index is 438. The van der Waals surface area contributed by atoms with Crippen LogP contribution in [0.3, 0.4) is 0 Å². The minimum absolute atomic E-state index is 0.0678. The number of hydrogen-bond donors (Lipinski definition) is 1. The molecule has 0 aliphatic carbocycles. The van der Waals surface area contributed by atoms with E-state index in [0.717, 1.165) is 29.6 Å². The van der Waals surface area contributed by atoms with Gasteiger partial charge in [-0.15, -0.1) is 11.8 Å². The topological polar surface area (TPSA) is 32.3 Å². The monoisotopic (exact) mass is 298 g/mol. The molecule has 1 heterocycles. The van der Waals surface area contributed by atoms with Gasteiger partial charge in [-0.2, -0.15) is 0 Å². The van der Waals surface area contributed by atoms with Gasteiger partial charge in [-0.3, -0.25) is 4.79 Å². The fraction of sp³-hybridized carbons (Fsp3) is 0.500. The molecule has 19 heavy (non-hydrogen) atoms. The van der Waals surface area contributed by atoms with Crippen LogP contribution in [-0.2, 0) is 4.79 Å². The van der Waals surface area contributed by atoms with Crippen molar-refractivity contribution in [1.82, 2.24) is 10.2 Å². The van der Waals surface area contributed by atoms with Crippen LogP contribution in [0.2, 0.25) is 5.02 Å². The second-order valence-corrected chi connectivity index (χ2v) is 6.65. The Morgan fingerprint density at radius 2 is 2.16 bits per heavy atom. The lowest BCUT2D eigenvalue weighted by molar-refractivity contribution is -0.133. The summed E-state index contributed by atoms with van der Waals surface area (Å²) in [6, 6.07) is 7.90. The van der Waals surface area contributed by atoms with Crippen molar-refractivity contribution in [3.05, 3.63) is 29.3 Å². The lowest BCUT2D eigenvalue weighted by Crippen LogP contribution is -2.54. The molecule has 1 aromatic carbocycles. The van der Waals surface area contributed by atoms with Crippen LogP contribution in [0.1, 0.15) is 13.8 Å². The minimum Gasteiger partial charge on any atom is -0.336 e. The van der Waals surface area contributed by atoms with Gasteiger partial charge in [0.05, 0.1) is 5.25 Å². The van der Waals surface area contributed by atoms with Crippen LogP contribution in [0.15, 0.2) is 29.2 Å². The molecule has 1 aromatic rings. The standard InChI is InChI=1S/C14H19ClN2OS/c1-10-9-16-7-8-17(10)14(18)11(2)19-13-5-3-12(15)4-6-13/h3-6,10-11,16H,7-9H2,1-2H3/t10-,11?/m1/s1. The quantitative estimate of drug-likeness (QED) is 0.871. The number of carbonyl (C=O) groups excluding carboxylic acids is 1. The van der Waals surface area contributed by atoms with Crippen LogP contribution in [-0.4, -0.2) is 41.7 Å². The van der Waals surface area contributed by atoms with Gasteiger partial charge < -0.3 is 10.2 Å². The molecule has 0 spiro atoms. The molecule has 1 aliphatic rings. The van der Waals surface area contributed by atoms with E-state index in [0.29, 0.717) is 0 Å². The molecule has 0 saturated carbocycles. The van der Waals surface area contributed by atoms with Crippen LogP contribution in [0.4, 0.5) is 0 Å². The number of nitrogens with zero attached hydrogens (tertiary/aromatic N) is 1. The van der Waals surface area contributed by atoms with E-state index in [9.17, 15) is 4.79 Å². The third kappa shape index (κ3) is 3.88. The summed E-state index contributed by atoms with van der Waals surface area (Å²) in [7, 11) is 0. The summed E-state index contributed by atoms with van der Waals surface area (Å²) in [6.45, 7) is 6.62. The maximum Gasteiger partial charge on any atom is 0.236 e. The maximum absolute atomic E-state index is 12.4. The highest BCUT2D eigenvalue weighted by Crippen LogP contribution is 2.26. The Hall–Kier alpha value is -0.710. The van der Waals surface area contributed by atoms with E-state index >= 15 is 0 Å². The summed E-state index contributed by atoms with van der Waals surface area (Å²) in [5.74, 6) is 0.217. The Labute approximate surface area is 123 Å². The molecule has 2 rings (SSSR count). The number of hydrogen-bond acceptors (Lipinski definition) is 3. The smallest absolute Gasteiger partial charge is 0.236 e. The molecule has 1 N–H and O–H groups in total. The average Bonchev–Trinajstić information content (AvgIpc) is 2.41. The predicted octanol–water partition coefficient (Wildman–Crippen LogP) is 2.64. The number of benzene rings is 1. The Kier molecular flexibility index (Phi) is 5.13. The predicted molar refractivity (Wildman–Crippen MR) is 80.8 cm³/mol. The molecule has 0 radical (unpaired) electrons. The first kappa shape index (κ1) is 14.7. The van der Waals surface area contributed by atoms with Crippen molar-refractivity contribution < 1.29 is 4.79 Å². The number of halogens is 1. The zero-order valence-electron chi connectivity index (χ0n) is 11.2. The van der Waals surface area contributed by atoms with Gasteiger partial charge in [0.25, 0.3) is 0 Å². The van der Waals surface area contributed by atoms with Crippen molar-refractivity contribution >= 4 is 29.3 Å². The van der Waals surface area contributed by atoms with Crippen molar-refractivity contribution in [2.75, 3.05) is 19.6 Å². The van der Waals surface area contributed by atoms with E-state index in [1.54, 1.807) is 11.8 Å². The Morgan fingerprint density at radius 3 is 2.79 bits per heavy atom. The molecule has 5 heteroatoms. The summed E-state index contributed by atoms with van der Waals surface area (Å²) in [5.41, 5.74) is 0. The number of amides is 1. The summed E-state index contributed by atoms with van der Waals surface area (Å²) in [6.07, 6.45) is 0. The highest BCUT2D eigenvalue weighted by atomic mass is 35.5. The first-order valence-corrected chi connectivity index (χ1v) is 7.77. The van der Waals surface area contributed by atoms with Gasteiger partial charge in [-0.25, -0.2) is 0 Å². The fourth-order valence-corrected chi connectivity index (χ4v) is 3.23. The van der Waals surface area contributed by atoms with Crippen molar-refractivity contribution in [2.24, 2.45) is 0 Å². The second kappa shape index (κ2) is 6.64. The molecule has 1 amide bonds. The van der Waals surface area contributed by atoms with E-state index in [4.69, 9.17) is 11.6 Å². The Balaban J connectivity index is 1.96. The first-order valence-electron chi connectivity index (χ1n) is 6.51. The van der Waals surface area contributed by atoms with Gasteiger partial charge in [-0.1, -0.05) is 11.6 Å². The van der Waals surface area contributed by atoms with E-state index in [-0.39, 0.29) is 17.2 Å². The molecule has 3 nitrogen and oxygen atoms in total. The molecule has 0 bridgehead atoms. The number of thioether (sulfide) groups is 1. The number of piperazine rings is 1. The van der Waals surface area contributed by atoms with Crippen LogP contribution >= 0.6 is 23.4 Å². The normalized spacial score (nSPS) is 21.2. The number of rotatable bonds is 3. The number of carbonyl (C=O) groups is 1. The van der Waals surface area contributed by atoms with Gasteiger partial charge in [0, 0.05) is 35.6 Å². The van der Waals surface area contributed by atoms with E-state index in [2.05, 4.69) is 12.2 Å². The summed E-state index contributed by atoms with van der Waals surface area (Å²) < 4.78 is 0. The third-order valence-electron chi connectivity index (χ3n) is 3.26. The molecule has 1 saturated heterocycles. The van der Waals surface area contributed by atoms with Crippen molar-refractivity contribution in [1.29, 1.82) is 0 Å². The van der Waals surface area contributed by atoms with Crippen molar-refractivity contribution in [2.45, 2.75) is 30.0 Å². The largest absolute Gasteiger partial charge is 0.336 e. The highest BCUT2D eigenvalue weighted by molar-refractivity contribution is 8.00. The lowest BCUT2D eigenvalue weighted by atomic mass is 10.2.